The van der Waals surface area contributed by atoms with E-state index in [-0.39, 0.29) is 5.91 Å². The summed E-state index contributed by atoms with van der Waals surface area (Å²) in [7, 11) is 0. The number of amides is 1. The Kier molecular flexibility index (Phi) is 8.81. The van der Waals surface area contributed by atoms with E-state index in [9.17, 15) is 4.79 Å². The van der Waals surface area contributed by atoms with Gasteiger partial charge in [-0.3, -0.25) is 14.7 Å². The van der Waals surface area contributed by atoms with Crippen LogP contribution in [-0.2, 0) is 11.3 Å². The average Bonchev–Trinajstić information content (AvgIpc) is 3.39. The molecule has 6 heteroatoms. The third kappa shape index (κ3) is 7.35. The highest BCUT2D eigenvalue weighted by atomic mass is 16.1. The Morgan fingerprint density at radius 1 is 1.10 bits per heavy atom. The van der Waals surface area contributed by atoms with Crippen LogP contribution in [-0.4, -0.2) is 55.0 Å². The van der Waals surface area contributed by atoms with Crippen molar-refractivity contribution in [3.8, 4) is 0 Å². The smallest absolute Gasteiger partial charge is 0.221 e. The van der Waals surface area contributed by atoms with Crippen LogP contribution >= 0.6 is 0 Å². The predicted octanol–water partition coefficient (Wildman–Crippen LogP) is 2.66. The molecule has 1 aromatic carbocycles. The summed E-state index contributed by atoms with van der Waals surface area (Å²) in [5.41, 5.74) is 1.36. The van der Waals surface area contributed by atoms with Crippen LogP contribution in [0.2, 0.25) is 0 Å². The molecule has 1 amide bonds. The van der Waals surface area contributed by atoms with Crippen LogP contribution in [0.1, 0.15) is 57.4 Å². The molecular formula is C23H37N5O. The fraction of sp³-hybridized carbons (Fsp3) is 0.652. The summed E-state index contributed by atoms with van der Waals surface area (Å²) < 4.78 is 0. The van der Waals surface area contributed by atoms with Gasteiger partial charge in [-0.2, -0.15) is 0 Å². The summed E-state index contributed by atoms with van der Waals surface area (Å²) in [6, 6.07) is 11.5. The highest BCUT2D eigenvalue weighted by molar-refractivity contribution is 5.81. The number of carbonyl (C=O) groups excluding carboxylic acids is 1. The van der Waals surface area contributed by atoms with E-state index >= 15 is 0 Å². The standard InChI is InChI=1S/C23H37N5O/c1-2-24-23(25-15-14-22(29)27-20-11-6-7-12-20)26-17-21-13-8-16-28(21)18-19-9-4-3-5-10-19/h3-5,9-10,20-21H,2,6-8,11-18H2,1H3,(H,27,29)(H2,24,25,26). The largest absolute Gasteiger partial charge is 0.357 e. The van der Waals surface area contributed by atoms with Gasteiger partial charge in [-0.05, 0) is 44.7 Å². The zero-order chi connectivity index (χ0) is 20.3. The minimum absolute atomic E-state index is 0.144. The summed E-state index contributed by atoms with van der Waals surface area (Å²) in [6.45, 7) is 6.42. The van der Waals surface area contributed by atoms with Gasteiger partial charge in [0, 0.05) is 38.1 Å². The van der Waals surface area contributed by atoms with Crippen molar-refractivity contribution < 1.29 is 4.79 Å². The Labute approximate surface area is 175 Å². The maximum absolute atomic E-state index is 12.1. The van der Waals surface area contributed by atoms with Crippen molar-refractivity contribution in [2.75, 3.05) is 26.2 Å². The lowest BCUT2D eigenvalue weighted by molar-refractivity contribution is -0.121. The number of guanidine groups is 1. The number of benzene rings is 1. The first-order chi connectivity index (χ1) is 14.2. The average molecular weight is 400 g/mol. The monoisotopic (exact) mass is 399 g/mol. The predicted molar refractivity (Wildman–Crippen MR) is 119 cm³/mol. The molecule has 1 saturated heterocycles. The van der Waals surface area contributed by atoms with Crippen LogP contribution < -0.4 is 16.0 Å². The van der Waals surface area contributed by atoms with Gasteiger partial charge in [0.1, 0.15) is 0 Å². The first kappa shape index (κ1) is 21.6. The van der Waals surface area contributed by atoms with Gasteiger partial charge in [-0.1, -0.05) is 43.2 Å². The van der Waals surface area contributed by atoms with Crippen molar-refractivity contribution in [1.29, 1.82) is 0 Å². The molecule has 3 rings (SSSR count). The Morgan fingerprint density at radius 2 is 1.90 bits per heavy atom. The molecule has 0 spiro atoms. The summed E-state index contributed by atoms with van der Waals surface area (Å²) >= 11 is 0. The zero-order valence-corrected chi connectivity index (χ0v) is 17.8. The number of rotatable bonds is 9. The maximum atomic E-state index is 12.1. The van der Waals surface area contributed by atoms with E-state index in [0.29, 0.717) is 25.0 Å². The van der Waals surface area contributed by atoms with Gasteiger partial charge in [0.05, 0.1) is 6.54 Å². The lowest BCUT2D eigenvalue weighted by Gasteiger charge is -2.23. The molecule has 1 atom stereocenters. The van der Waals surface area contributed by atoms with E-state index in [1.165, 1.54) is 31.2 Å². The third-order valence-corrected chi connectivity index (χ3v) is 5.90. The van der Waals surface area contributed by atoms with Crippen molar-refractivity contribution in [2.45, 2.75) is 70.5 Å². The molecule has 1 heterocycles. The van der Waals surface area contributed by atoms with Gasteiger partial charge in [-0.15, -0.1) is 0 Å². The zero-order valence-electron chi connectivity index (χ0n) is 17.8. The quantitative estimate of drug-likeness (QED) is 0.441. The van der Waals surface area contributed by atoms with Crippen molar-refractivity contribution in [3.63, 3.8) is 0 Å². The van der Waals surface area contributed by atoms with Crippen LogP contribution in [0, 0.1) is 0 Å². The highest BCUT2D eigenvalue weighted by Gasteiger charge is 2.24. The van der Waals surface area contributed by atoms with Gasteiger partial charge in [0.15, 0.2) is 5.96 Å². The van der Waals surface area contributed by atoms with Crippen LogP contribution in [0.25, 0.3) is 0 Å². The number of nitrogens with one attached hydrogen (secondary N) is 3. The first-order valence-corrected chi connectivity index (χ1v) is 11.3. The maximum Gasteiger partial charge on any atom is 0.221 e. The van der Waals surface area contributed by atoms with Crippen LogP contribution in [0.5, 0.6) is 0 Å². The Hall–Kier alpha value is -2.08. The second-order valence-electron chi connectivity index (χ2n) is 8.20. The van der Waals surface area contributed by atoms with Crippen molar-refractivity contribution >= 4 is 11.9 Å². The molecular weight excluding hydrogens is 362 g/mol. The molecule has 0 aromatic heterocycles. The molecule has 160 valence electrons. The minimum Gasteiger partial charge on any atom is -0.357 e. The molecule has 1 aliphatic carbocycles. The van der Waals surface area contributed by atoms with E-state index in [4.69, 9.17) is 4.99 Å². The summed E-state index contributed by atoms with van der Waals surface area (Å²) in [4.78, 5) is 19.5. The number of hydrogen-bond donors (Lipinski definition) is 3. The van der Waals surface area contributed by atoms with Crippen molar-refractivity contribution in [1.82, 2.24) is 20.9 Å². The molecule has 1 aromatic rings. The lowest BCUT2D eigenvalue weighted by Crippen LogP contribution is -2.41. The van der Waals surface area contributed by atoms with E-state index in [1.807, 2.05) is 0 Å². The topological polar surface area (TPSA) is 68.8 Å². The van der Waals surface area contributed by atoms with E-state index in [1.54, 1.807) is 0 Å². The second kappa shape index (κ2) is 11.8. The summed E-state index contributed by atoms with van der Waals surface area (Å²) in [5, 5.41) is 9.78. The van der Waals surface area contributed by atoms with Crippen LogP contribution in [0.4, 0.5) is 0 Å². The van der Waals surface area contributed by atoms with E-state index in [0.717, 1.165) is 45.0 Å². The van der Waals surface area contributed by atoms with Gasteiger partial charge in [-0.25, -0.2) is 0 Å². The Balaban J connectivity index is 1.43. The number of aliphatic imine (C=N–C) groups is 1. The van der Waals surface area contributed by atoms with Crippen LogP contribution in [0.15, 0.2) is 35.3 Å². The van der Waals surface area contributed by atoms with E-state index in [2.05, 4.69) is 58.1 Å². The molecule has 2 aliphatic rings. The minimum atomic E-state index is 0.144. The molecule has 29 heavy (non-hydrogen) atoms. The van der Waals surface area contributed by atoms with Crippen molar-refractivity contribution in [3.05, 3.63) is 35.9 Å². The Bertz CT molecular complexity index is 642. The second-order valence-corrected chi connectivity index (χ2v) is 8.20. The van der Waals surface area contributed by atoms with Crippen LogP contribution in [0.3, 0.4) is 0 Å². The van der Waals surface area contributed by atoms with Gasteiger partial charge in [0.25, 0.3) is 0 Å². The molecule has 0 radical (unpaired) electrons. The summed E-state index contributed by atoms with van der Waals surface area (Å²) in [5.74, 6) is 0.956. The fourth-order valence-electron chi connectivity index (χ4n) is 4.33. The van der Waals surface area contributed by atoms with E-state index < -0.39 is 0 Å². The number of likely N-dealkylation sites (tertiary alicyclic amines) is 1. The third-order valence-electron chi connectivity index (χ3n) is 5.90. The Morgan fingerprint density at radius 3 is 2.66 bits per heavy atom. The normalized spacial score (nSPS) is 20.7. The highest BCUT2D eigenvalue weighted by Crippen LogP contribution is 2.20. The molecule has 1 unspecified atom stereocenters. The molecule has 6 nitrogen and oxygen atoms in total. The molecule has 3 N–H and O–H groups in total. The number of nitrogens with zero attached hydrogens (tertiary/aromatic N) is 2. The van der Waals surface area contributed by atoms with Gasteiger partial charge >= 0.3 is 0 Å². The summed E-state index contributed by atoms with van der Waals surface area (Å²) in [6.07, 6.45) is 7.66. The number of carbonyl (C=O) groups is 1. The molecule has 1 saturated carbocycles. The van der Waals surface area contributed by atoms with Gasteiger partial charge in [0.2, 0.25) is 5.91 Å². The molecule has 0 bridgehead atoms. The molecule has 2 fully saturated rings. The SMILES string of the molecule is CCNC(=NCC1CCCN1Cc1ccccc1)NCCC(=O)NC1CCCC1. The first-order valence-electron chi connectivity index (χ1n) is 11.3. The lowest BCUT2D eigenvalue weighted by atomic mass is 10.2. The fourth-order valence-corrected chi connectivity index (χ4v) is 4.33. The number of hydrogen-bond acceptors (Lipinski definition) is 3. The molecule has 1 aliphatic heterocycles. The van der Waals surface area contributed by atoms with Gasteiger partial charge < -0.3 is 16.0 Å². The van der Waals surface area contributed by atoms with Crippen molar-refractivity contribution in [2.24, 2.45) is 4.99 Å².